The van der Waals surface area contributed by atoms with E-state index >= 15 is 0 Å². The average molecular weight is 338 g/mol. The van der Waals surface area contributed by atoms with E-state index in [4.69, 9.17) is 9.47 Å². The average Bonchev–Trinajstić information content (AvgIpc) is 2.67. The molecular formula is C20H19FN2O2. The van der Waals surface area contributed by atoms with E-state index in [1.807, 2.05) is 42.5 Å². The minimum absolute atomic E-state index is 0.327. The van der Waals surface area contributed by atoms with Gasteiger partial charge in [0.05, 0.1) is 20.3 Å². The van der Waals surface area contributed by atoms with E-state index < -0.39 is 0 Å². The maximum atomic E-state index is 13.9. The quantitative estimate of drug-likeness (QED) is 0.722. The van der Waals surface area contributed by atoms with Gasteiger partial charge in [0.2, 0.25) is 0 Å². The van der Waals surface area contributed by atoms with Crippen LogP contribution in [0.15, 0.2) is 66.9 Å². The van der Waals surface area contributed by atoms with Crippen molar-refractivity contribution in [3.63, 3.8) is 0 Å². The second-order valence-electron chi connectivity index (χ2n) is 5.46. The van der Waals surface area contributed by atoms with Crippen molar-refractivity contribution in [3.8, 4) is 11.5 Å². The molecule has 1 unspecified atom stereocenters. The third-order valence-corrected chi connectivity index (χ3v) is 3.89. The number of hydrogen-bond acceptors (Lipinski definition) is 4. The predicted molar refractivity (Wildman–Crippen MR) is 95.6 cm³/mol. The Morgan fingerprint density at radius 1 is 0.960 bits per heavy atom. The van der Waals surface area contributed by atoms with Gasteiger partial charge in [-0.2, -0.15) is 0 Å². The SMILES string of the molecule is COc1cccc(C(Nc2ccccn2)c2cc(F)ccc2OC)c1. The Labute approximate surface area is 146 Å². The standard InChI is InChI=1S/C20H19FN2O2/c1-24-16-7-5-6-14(12-16)20(23-19-8-3-4-11-22-19)17-13-15(21)9-10-18(17)25-2/h3-13,20H,1-2H3,(H,22,23). The molecule has 25 heavy (non-hydrogen) atoms. The van der Waals surface area contributed by atoms with Crippen molar-refractivity contribution in [2.45, 2.75) is 6.04 Å². The fourth-order valence-electron chi connectivity index (χ4n) is 2.69. The Kier molecular flexibility index (Phi) is 5.14. The van der Waals surface area contributed by atoms with Gasteiger partial charge in [0.1, 0.15) is 23.1 Å². The Morgan fingerprint density at radius 3 is 2.56 bits per heavy atom. The fraction of sp³-hybridized carbons (Fsp3) is 0.150. The summed E-state index contributed by atoms with van der Waals surface area (Å²) < 4.78 is 24.7. The van der Waals surface area contributed by atoms with Crippen molar-refractivity contribution in [1.29, 1.82) is 0 Å². The van der Waals surface area contributed by atoms with Crippen LogP contribution in [0, 0.1) is 5.82 Å². The molecule has 0 bridgehead atoms. The van der Waals surface area contributed by atoms with Crippen molar-refractivity contribution in [2.24, 2.45) is 0 Å². The van der Waals surface area contributed by atoms with Gasteiger partial charge < -0.3 is 14.8 Å². The topological polar surface area (TPSA) is 43.4 Å². The highest BCUT2D eigenvalue weighted by Gasteiger charge is 2.20. The summed E-state index contributed by atoms with van der Waals surface area (Å²) in [6, 6.07) is 17.3. The van der Waals surface area contributed by atoms with Gasteiger partial charge in [0.15, 0.2) is 0 Å². The highest BCUT2D eigenvalue weighted by Crippen LogP contribution is 2.34. The maximum Gasteiger partial charge on any atom is 0.126 e. The van der Waals surface area contributed by atoms with Crippen molar-refractivity contribution < 1.29 is 13.9 Å². The Hall–Kier alpha value is -3.08. The number of aromatic nitrogens is 1. The van der Waals surface area contributed by atoms with Crippen LogP contribution in [0.1, 0.15) is 17.2 Å². The molecule has 3 rings (SSSR count). The molecule has 1 aromatic heterocycles. The number of hydrogen-bond donors (Lipinski definition) is 1. The van der Waals surface area contributed by atoms with Crippen molar-refractivity contribution in [2.75, 3.05) is 19.5 Å². The molecule has 4 nitrogen and oxygen atoms in total. The van der Waals surface area contributed by atoms with Crippen LogP contribution in [-0.2, 0) is 0 Å². The second-order valence-corrected chi connectivity index (χ2v) is 5.46. The zero-order valence-electron chi connectivity index (χ0n) is 14.1. The molecule has 0 amide bonds. The van der Waals surface area contributed by atoms with Gasteiger partial charge in [-0.3, -0.25) is 0 Å². The van der Waals surface area contributed by atoms with Gasteiger partial charge in [0, 0.05) is 11.8 Å². The lowest BCUT2D eigenvalue weighted by molar-refractivity contribution is 0.406. The van der Waals surface area contributed by atoms with E-state index in [1.165, 1.54) is 12.1 Å². The third-order valence-electron chi connectivity index (χ3n) is 3.89. The van der Waals surface area contributed by atoms with Gasteiger partial charge in [0.25, 0.3) is 0 Å². The lowest BCUT2D eigenvalue weighted by Gasteiger charge is -2.23. The molecule has 0 radical (unpaired) electrons. The normalized spacial score (nSPS) is 11.6. The van der Waals surface area contributed by atoms with E-state index in [1.54, 1.807) is 26.5 Å². The molecule has 0 fully saturated rings. The van der Waals surface area contributed by atoms with Crippen LogP contribution in [-0.4, -0.2) is 19.2 Å². The largest absolute Gasteiger partial charge is 0.497 e. The number of nitrogens with zero attached hydrogens (tertiary/aromatic N) is 1. The number of ether oxygens (including phenoxy) is 2. The lowest BCUT2D eigenvalue weighted by Crippen LogP contribution is -2.14. The number of pyridine rings is 1. The summed E-state index contributed by atoms with van der Waals surface area (Å²) in [5.41, 5.74) is 1.59. The number of rotatable bonds is 6. The number of methoxy groups -OCH3 is 2. The smallest absolute Gasteiger partial charge is 0.126 e. The summed E-state index contributed by atoms with van der Waals surface area (Å²) in [6.45, 7) is 0. The van der Waals surface area contributed by atoms with Gasteiger partial charge >= 0.3 is 0 Å². The molecule has 0 aliphatic heterocycles. The summed E-state index contributed by atoms with van der Waals surface area (Å²) in [7, 11) is 3.18. The third kappa shape index (κ3) is 3.88. The fourth-order valence-corrected chi connectivity index (χ4v) is 2.69. The predicted octanol–water partition coefficient (Wildman–Crippen LogP) is 4.44. The molecule has 0 saturated carbocycles. The molecule has 1 atom stereocenters. The van der Waals surface area contributed by atoms with Gasteiger partial charge in [-0.05, 0) is 48.0 Å². The lowest BCUT2D eigenvalue weighted by atomic mass is 9.97. The number of halogens is 1. The van der Waals surface area contributed by atoms with Crippen LogP contribution in [0.5, 0.6) is 11.5 Å². The minimum Gasteiger partial charge on any atom is -0.497 e. The number of nitrogens with one attached hydrogen (secondary N) is 1. The first-order valence-electron chi connectivity index (χ1n) is 7.86. The van der Waals surface area contributed by atoms with E-state index in [2.05, 4.69) is 10.3 Å². The Balaban J connectivity index is 2.10. The zero-order chi connectivity index (χ0) is 17.6. The Bertz CT molecular complexity index is 840. The molecule has 5 heteroatoms. The molecule has 1 heterocycles. The van der Waals surface area contributed by atoms with Crippen LogP contribution in [0.25, 0.3) is 0 Å². The van der Waals surface area contributed by atoms with Crippen LogP contribution in [0.3, 0.4) is 0 Å². The molecule has 1 N–H and O–H groups in total. The van der Waals surface area contributed by atoms with Gasteiger partial charge in [-0.25, -0.2) is 9.37 Å². The second kappa shape index (κ2) is 7.66. The highest BCUT2D eigenvalue weighted by atomic mass is 19.1. The molecular weight excluding hydrogens is 319 g/mol. The molecule has 128 valence electrons. The van der Waals surface area contributed by atoms with E-state index in [9.17, 15) is 4.39 Å². The van der Waals surface area contributed by atoms with Gasteiger partial charge in [-0.1, -0.05) is 18.2 Å². The van der Waals surface area contributed by atoms with Gasteiger partial charge in [-0.15, -0.1) is 0 Å². The van der Waals surface area contributed by atoms with E-state index in [0.29, 0.717) is 17.1 Å². The monoisotopic (exact) mass is 338 g/mol. The van der Waals surface area contributed by atoms with Crippen LogP contribution >= 0.6 is 0 Å². The summed E-state index contributed by atoms with van der Waals surface area (Å²) in [5.74, 6) is 1.67. The summed E-state index contributed by atoms with van der Waals surface area (Å²) >= 11 is 0. The number of benzene rings is 2. The molecule has 0 aliphatic rings. The first kappa shape index (κ1) is 16.8. The first-order chi connectivity index (χ1) is 12.2. The summed E-state index contributed by atoms with van der Waals surface area (Å²) in [6.07, 6.45) is 1.70. The molecule has 0 aliphatic carbocycles. The molecule has 0 spiro atoms. The molecule has 3 aromatic rings. The molecule has 0 saturated heterocycles. The van der Waals surface area contributed by atoms with Crippen LogP contribution < -0.4 is 14.8 Å². The Morgan fingerprint density at radius 2 is 1.84 bits per heavy atom. The summed E-state index contributed by atoms with van der Waals surface area (Å²) in [4.78, 5) is 4.31. The number of anilines is 1. The van der Waals surface area contributed by atoms with Crippen molar-refractivity contribution >= 4 is 5.82 Å². The first-order valence-corrected chi connectivity index (χ1v) is 7.86. The highest BCUT2D eigenvalue weighted by molar-refractivity contribution is 5.50. The van der Waals surface area contributed by atoms with E-state index in [0.717, 1.165) is 11.3 Å². The van der Waals surface area contributed by atoms with E-state index in [-0.39, 0.29) is 11.9 Å². The van der Waals surface area contributed by atoms with Crippen LogP contribution in [0.4, 0.5) is 10.2 Å². The zero-order valence-corrected chi connectivity index (χ0v) is 14.1. The minimum atomic E-state index is -0.351. The molecule has 2 aromatic carbocycles. The van der Waals surface area contributed by atoms with Crippen molar-refractivity contribution in [1.82, 2.24) is 4.98 Å². The maximum absolute atomic E-state index is 13.9. The van der Waals surface area contributed by atoms with Crippen LogP contribution in [0.2, 0.25) is 0 Å². The van der Waals surface area contributed by atoms with Crippen molar-refractivity contribution in [3.05, 3.63) is 83.8 Å². The summed E-state index contributed by atoms with van der Waals surface area (Å²) in [5, 5.41) is 3.35.